The molecule has 5 nitrogen and oxygen atoms in total. The first-order valence-electron chi connectivity index (χ1n) is 6.98. The molecule has 24 heavy (non-hydrogen) atoms. The number of amides is 1. The van der Waals surface area contributed by atoms with E-state index in [0.717, 1.165) is 11.8 Å². The molecule has 0 saturated carbocycles. The van der Waals surface area contributed by atoms with Crippen LogP contribution < -0.4 is 5.32 Å². The second-order valence-electron chi connectivity index (χ2n) is 4.76. The van der Waals surface area contributed by atoms with Crippen molar-refractivity contribution in [3.63, 3.8) is 0 Å². The number of benzene rings is 2. The zero-order chi connectivity index (χ0) is 16.9. The van der Waals surface area contributed by atoms with Crippen LogP contribution in [0.3, 0.4) is 0 Å². The zero-order valence-electron chi connectivity index (χ0n) is 12.3. The minimum absolute atomic E-state index is 0.111. The second-order valence-corrected chi connectivity index (χ2v) is 6.11. The summed E-state index contributed by atoms with van der Waals surface area (Å²) in [6.07, 6.45) is 0. The molecule has 0 aliphatic heterocycles. The quantitative estimate of drug-likeness (QED) is 0.673. The maximum absolute atomic E-state index is 13.7. The van der Waals surface area contributed by atoms with Gasteiger partial charge in [-0.1, -0.05) is 47.6 Å². The minimum atomic E-state index is -0.387. The van der Waals surface area contributed by atoms with E-state index in [0.29, 0.717) is 27.3 Å². The number of aromatic amines is 1. The van der Waals surface area contributed by atoms with E-state index in [2.05, 4.69) is 20.5 Å². The topological polar surface area (TPSA) is 70.7 Å². The highest BCUT2D eigenvalue weighted by molar-refractivity contribution is 7.99. The summed E-state index contributed by atoms with van der Waals surface area (Å²) in [7, 11) is 0. The van der Waals surface area contributed by atoms with E-state index >= 15 is 0 Å². The number of nitrogens with zero attached hydrogens (tertiary/aromatic N) is 2. The highest BCUT2D eigenvalue weighted by Gasteiger charge is 2.12. The molecule has 0 saturated heterocycles. The molecule has 1 amide bonds. The summed E-state index contributed by atoms with van der Waals surface area (Å²) < 4.78 is 13.7. The highest BCUT2D eigenvalue weighted by atomic mass is 35.5. The van der Waals surface area contributed by atoms with Crippen LogP contribution >= 0.6 is 23.4 Å². The van der Waals surface area contributed by atoms with Crippen molar-refractivity contribution in [2.24, 2.45) is 0 Å². The molecule has 0 aliphatic rings. The molecule has 0 atom stereocenters. The van der Waals surface area contributed by atoms with Crippen molar-refractivity contribution in [1.82, 2.24) is 15.2 Å². The summed E-state index contributed by atoms with van der Waals surface area (Å²) in [5, 5.41) is 10.2. The molecular weight excluding hydrogens is 351 g/mol. The number of carbonyl (C=O) groups is 1. The highest BCUT2D eigenvalue weighted by Crippen LogP contribution is 2.23. The van der Waals surface area contributed by atoms with Gasteiger partial charge >= 0.3 is 0 Å². The number of hydrogen-bond acceptors (Lipinski definition) is 4. The van der Waals surface area contributed by atoms with Gasteiger partial charge in [0.2, 0.25) is 11.1 Å². The Labute approximate surface area is 146 Å². The summed E-state index contributed by atoms with van der Waals surface area (Å²) in [6, 6.07) is 13.2. The number of nitrogens with one attached hydrogen (secondary N) is 2. The second kappa shape index (κ2) is 7.46. The van der Waals surface area contributed by atoms with Crippen LogP contribution in [0.2, 0.25) is 5.02 Å². The molecule has 1 aromatic heterocycles. The van der Waals surface area contributed by atoms with Gasteiger partial charge < -0.3 is 5.32 Å². The Kier molecular flexibility index (Phi) is 5.12. The molecule has 0 radical (unpaired) electrons. The molecule has 0 unspecified atom stereocenters. The summed E-state index contributed by atoms with van der Waals surface area (Å²) in [5.41, 5.74) is 0.879. The molecule has 3 rings (SSSR count). The van der Waals surface area contributed by atoms with Gasteiger partial charge in [-0.3, -0.25) is 9.89 Å². The molecule has 2 aromatic carbocycles. The molecule has 3 aromatic rings. The van der Waals surface area contributed by atoms with E-state index in [-0.39, 0.29) is 17.5 Å². The Bertz CT molecular complexity index is 871. The molecule has 1 heterocycles. The van der Waals surface area contributed by atoms with Gasteiger partial charge in [-0.25, -0.2) is 9.37 Å². The van der Waals surface area contributed by atoms with Crippen LogP contribution in [0.4, 0.5) is 10.1 Å². The first kappa shape index (κ1) is 16.5. The number of anilines is 1. The van der Waals surface area contributed by atoms with Crippen LogP contribution in [-0.2, 0) is 4.79 Å². The number of aromatic nitrogens is 3. The van der Waals surface area contributed by atoms with E-state index < -0.39 is 0 Å². The molecule has 0 fully saturated rings. The summed E-state index contributed by atoms with van der Waals surface area (Å²) >= 11 is 7.13. The first-order valence-corrected chi connectivity index (χ1v) is 8.34. The van der Waals surface area contributed by atoms with E-state index in [1.54, 1.807) is 42.5 Å². The smallest absolute Gasteiger partial charge is 0.234 e. The molecule has 0 spiro atoms. The number of thioether (sulfide) groups is 1. The number of halogens is 2. The molecular formula is C16H12ClFN4OS. The van der Waals surface area contributed by atoms with Crippen LogP contribution in [0.15, 0.2) is 53.7 Å². The Hall–Kier alpha value is -2.38. The standard InChI is InChI=1S/C16H12ClFN4OS/c17-11-6-2-4-8-13(11)19-14(23)9-24-16-20-15(21-22-16)10-5-1-3-7-12(10)18/h1-8H,9H2,(H,19,23)(H,20,21,22). The lowest BCUT2D eigenvalue weighted by Crippen LogP contribution is -2.14. The third-order valence-corrected chi connectivity index (χ3v) is 4.25. The van der Waals surface area contributed by atoms with Crippen molar-refractivity contribution in [3.8, 4) is 11.4 Å². The lowest BCUT2D eigenvalue weighted by molar-refractivity contribution is -0.113. The Morgan fingerprint density at radius 3 is 2.75 bits per heavy atom. The lowest BCUT2D eigenvalue weighted by Gasteiger charge is -2.05. The van der Waals surface area contributed by atoms with Crippen molar-refractivity contribution in [1.29, 1.82) is 0 Å². The average Bonchev–Trinajstić information content (AvgIpc) is 3.04. The largest absolute Gasteiger partial charge is 0.324 e. The number of para-hydroxylation sites is 1. The fourth-order valence-corrected chi connectivity index (χ4v) is 2.75. The van der Waals surface area contributed by atoms with Gasteiger partial charge in [-0.15, -0.1) is 5.10 Å². The predicted molar refractivity (Wildman–Crippen MR) is 92.6 cm³/mol. The predicted octanol–water partition coefficient (Wildman–Crippen LogP) is 4.00. The maximum atomic E-state index is 13.7. The van der Waals surface area contributed by atoms with Crippen LogP contribution in [0, 0.1) is 5.82 Å². The fourth-order valence-electron chi connectivity index (χ4n) is 1.96. The lowest BCUT2D eigenvalue weighted by atomic mass is 10.2. The Morgan fingerprint density at radius 2 is 1.96 bits per heavy atom. The van der Waals surface area contributed by atoms with Gasteiger partial charge in [-0.2, -0.15) is 0 Å². The number of carbonyl (C=O) groups excluding carboxylic acids is 1. The van der Waals surface area contributed by atoms with Crippen LogP contribution in [0.1, 0.15) is 0 Å². The Morgan fingerprint density at radius 1 is 1.21 bits per heavy atom. The number of rotatable bonds is 5. The van der Waals surface area contributed by atoms with E-state index in [9.17, 15) is 9.18 Å². The molecule has 2 N–H and O–H groups in total. The van der Waals surface area contributed by atoms with Crippen LogP contribution in [-0.4, -0.2) is 26.8 Å². The van der Waals surface area contributed by atoms with Crippen molar-refractivity contribution in [2.75, 3.05) is 11.1 Å². The van der Waals surface area contributed by atoms with Crippen molar-refractivity contribution >= 4 is 35.0 Å². The summed E-state index contributed by atoms with van der Waals surface area (Å²) in [5.74, 6) is -0.186. The van der Waals surface area contributed by atoms with Gasteiger partial charge in [0.1, 0.15) is 5.82 Å². The zero-order valence-corrected chi connectivity index (χ0v) is 13.9. The van der Waals surface area contributed by atoms with E-state index in [4.69, 9.17) is 11.6 Å². The first-order chi connectivity index (χ1) is 11.6. The normalized spacial score (nSPS) is 10.6. The molecule has 0 bridgehead atoms. The average molecular weight is 363 g/mol. The van der Waals surface area contributed by atoms with Crippen molar-refractivity contribution < 1.29 is 9.18 Å². The van der Waals surface area contributed by atoms with Gasteiger partial charge in [0, 0.05) is 0 Å². The SMILES string of the molecule is O=C(CSc1n[nH]c(-c2ccccc2F)n1)Nc1ccccc1Cl. The van der Waals surface area contributed by atoms with Gasteiger partial charge in [0.25, 0.3) is 0 Å². The fraction of sp³-hybridized carbons (Fsp3) is 0.0625. The third-order valence-electron chi connectivity index (χ3n) is 3.07. The van der Waals surface area contributed by atoms with Gasteiger partial charge in [0.05, 0.1) is 22.0 Å². The van der Waals surface area contributed by atoms with Crippen LogP contribution in [0.25, 0.3) is 11.4 Å². The summed E-state index contributed by atoms with van der Waals surface area (Å²) in [4.78, 5) is 16.1. The van der Waals surface area contributed by atoms with E-state index in [1.165, 1.54) is 6.07 Å². The monoisotopic (exact) mass is 362 g/mol. The molecule has 122 valence electrons. The van der Waals surface area contributed by atoms with E-state index in [1.807, 2.05) is 0 Å². The van der Waals surface area contributed by atoms with Crippen molar-refractivity contribution in [2.45, 2.75) is 5.16 Å². The Balaban J connectivity index is 1.61. The summed E-state index contributed by atoms with van der Waals surface area (Å²) in [6.45, 7) is 0. The molecule has 8 heteroatoms. The van der Waals surface area contributed by atoms with Crippen LogP contribution in [0.5, 0.6) is 0 Å². The van der Waals surface area contributed by atoms with Crippen molar-refractivity contribution in [3.05, 3.63) is 59.4 Å². The maximum Gasteiger partial charge on any atom is 0.234 e. The van der Waals surface area contributed by atoms with Gasteiger partial charge in [0.15, 0.2) is 5.82 Å². The third kappa shape index (κ3) is 3.93. The van der Waals surface area contributed by atoms with Gasteiger partial charge in [-0.05, 0) is 24.3 Å². The molecule has 0 aliphatic carbocycles. The number of H-pyrrole nitrogens is 1. The number of hydrogen-bond donors (Lipinski definition) is 2. The minimum Gasteiger partial charge on any atom is -0.324 e.